The van der Waals surface area contributed by atoms with Crippen molar-refractivity contribution in [3.8, 4) is 0 Å². The van der Waals surface area contributed by atoms with Crippen molar-refractivity contribution < 1.29 is 50.3 Å². The maximum absolute atomic E-state index is 13.2. The van der Waals surface area contributed by atoms with Gasteiger partial charge < -0.3 is 23.7 Å². The minimum absolute atomic E-state index is 0.0598. The fourth-order valence-electron chi connectivity index (χ4n) is 2.58. The van der Waals surface area contributed by atoms with Gasteiger partial charge in [0.05, 0.1) is 18.7 Å². The number of nitrogens with zero attached hydrogens (tertiary/aromatic N) is 1. The predicted molar refractivity (Wildman–Crippen MR) is 115 cm³/mol. The molecule has 0 saturated carbocycles. The number of hydrogen-bond donors (Lipinski definition) is 0. The summed E-state index contributed by atoms with van der Waals surface area (Å²) in [5.41, 5.74) is 0.383. The molecule has 1 rings (SSSR count). The summed E-state index contributed by atoms with van der Waals surface area (Å²) in [6, 6.07) is 5.42. The van der Waals surface area contributed by atoms with Gasteiger partial charge in [0.25, 0.3) is 0 Å². The zero-order valence-electron chi connectivity index (χ0n) is 19.0. The standard InChI is InChI=1S/C21H29F2NO9S/c1-3-5-18(25)31-13-11-24(12-14-32-19(26)6-4-2)17-9-7-16(8-10-17)20(27)33-15-21(22,23)34(28,29)30/h7-10H,3-6,11-15H2,1-2H3,(H,28,29,30)/p-1. The summed E-state index contributed by atoms with van der Waals surface area (Å²) in [6.07, 6.45) is 1.83. The molecular formula is C21H28F2NO9S-. The van der Waals surface area contributed by atoms with E-state index < -0.39 is 27.9 Å². The van der Waals surface area contributed by atoms with E-state index in [-0.39, 0.29) is 56.6 Å². The van der Waals surface area contributed by atoms with E-state index >= 15 is 0 Å². The second-order valence-corrected chi connectivity index (χ2v) is 8.65. The van der Waals surface area contributed by atoms with Gasteiger partial charge in [-0.3, -0.25) is 9.59 Å². The maximum atomic E-state index is 13.2. The molecule has 0 aliphatic heterocycles. The molecule has 0 N–H and O–H groups in total. The minimum Gasteiger partial charge on any atom is -0.743 e. The molecule has 0 fully saturated rings. The summed E-state index contributed by atoms with van der Waals surface area (Å²) >= 11 is 0. The van der Waals surface area contributed by atoms with Gasteiger partial charge in [0.2, 0.25) is 0 Å². The van der Waals surface area contributed by atoms with Crippen molar-refractivity contribution in [2.24, 2.45) is 0 Å². The monoisotopic (exact) mass is 508 g/mol. The van der Waals surface area contributed by atoms with Crippen LogP contribution in [0, 0.1) is 0 Å². The quantitative estimate of drug-likeness (QED) is 0.197. The van der Waals surface area contributed by atoms with Crippen LogP contribution < -0.4 is 4.90 Å². The topological polar surface area (TPSA) is 139 Å². The minimum atomic E-state index is -5.97. The Balaban J connectivity index is 2.81. The average Bonchev–Trinajstić information content (AvgIpc) is 2.76. The summed E-state index contributed by atoms with van der Waals surface area (Å²) in [6.45, 7) is 2.39. The van der Waals surface area contributed by atoms with Crippen molar-refractivity contribution in [3.63, 3.8) is 0 Å². The molecule has 1 aromatic carbocycles. The Morgan fingerprint density at radius 3 is 1.79 bits per heavy atom. The highest BCUT2D eigenvalue weighted by molar-refractivity contribution is 7.86. The van der Waals surface area contributed by atoms with E-state index in [2.05, 4.69) is 4.74 Å². The summed E-state index contributed by atoms with van der Waals surface area (Å²) in [4.78, 5) is 36.8. The zero-order valence-corrected chi connectivity index (χ0v) is 19.8. The molecule has 0 unspecified atom stereocenters. The first kappa shape index (κ1) is 29.2. The third-order valence-electron chi connectivity index (χ3n) is 4.36. The van der Waals surface area contributed by atoms with Crippen molar-refractivity contribution in [2.75, 3.05) is 37.8 Å². The van der Waals surface area contributed by atoms with Gasteiger partial charge in [-0.05, 0) is 37.1 Å². The highest BCUT2D eigenvalue weighted by Gasteiger charge is 2.39. The molecule has 0 spiro atoms. The summed E-state index contributed by atoms with van der Waals surface area (Å²) in [7, 11) is -5.97. The number of rotatable bonds is 15. The number of carbonyl (C=O) groups is 3. The van der Waals surface area contributed by atoms with Gasteiger partial charge in [0.15, 0.2) is 16.7 Å². The molecule has 0 radical (unpaired) electrons. The van der Waals surface area contributed by atoms with Crippen molar-refractivity contribution in [3.05, 3.63) is 29.8 Å². The normalized spacial score (nSPS) is 11.6. The molecule has 0 aliphatic carbocycles. The van der Waals surface area contributed by atoms with Crippen LogP contribution in [0.15, 0.2) is 24.3 Å². The molecule has 13 heteroatoms. The molecule has 10 nitrogen and oxygen atoms in total. The number of alkyl halides is 2. The fraction of sp³-hybridized carbons (Fsp3) is 0.571. The Kier molecular flexibility index (Phi) is 11.9. The highest BCUT2D eigenvalue weighted by atomic mass is 32.2. The van der Waals surface area contributed by atoms with E-state index in [0.717, 1.165) is 0 Å². The summed E-state index contributed by atoms with van der Waals surface area (Å²) in [5.74, 6) is -1.96. The molecule has 0 saturated heterocycles. The van der Waals surface area contributed by atoms with Crippen LogP contribution in [-0.2, 0) is 33.9 Å². The lowest BCUT2D eigenvalue weighted by molar-refractivity contribution is -0.143. The van der Waals surface area contributed by atoms with E-state index in [1.807, 2.05) is 13.8 Å². The predicted octanol–water partition coefficient (Wildman–Crippen LogP) is 2.47. The average molecular weight is 509 g/mol. The molecule has 0 atom stereocenters. The number of anilines is 1. The van der Waals surface area contributed by atoms with Crippen LogP contribution in [-0.4, -0.2) is 69.0 Å². The Labute approximate surface area is 196 Å². The van der Waals surface area contributed by atoms with Gasteiger partial charge in [-0.25, -0.2) is 13.2 Å². The zero-order chi connectivity index (χ0) is 25.8. The van der Waals surface area contributed by atoms with E-state index in [0.29, 0.717) is 18.5 Å². The third-order valence-corrected chi connectivity index (χ3v) is 5.21. The van der Waals surface area contributed by atoms with E-state index in [4.69, 9.17) is 9.47 Å². The smallest absolute Gasteiger partial charge is 0.367 e. The van der Waals surface area contributed by atoms with Crippen LogP contribution in [0.3, 0.4) is 0 Å². The van der Waals surface area contributed by atoms with Crippen molar-refractivity contribution in [1.82, 2.24) is 0 Å². The van der Waals surface area contributed by atoms with E-state index in [1.165, 1.54) is 24.3 Å². The fourth-order valence-corrected chi connectivity index (χ4v) is 2.78. The molecule has 0 aliphatic rings. The molecule has 34 heavy (non-hydrogen) atoms. The Morgan fingerprint density at radius 1 is 0.912 bits per heavy atom. The molecule has 0 bridgehead atoms. The Morgan fingerprint density at radius 2 is 1.38 bits per heavy atom. The molecule has 0 amide bonds. The Bertz CT molecular complexity index is 897. The van der Waals surface area contributed by atoms with Crippen LogP contribution in [0.4, 0.5) is 14.5 Å². The number of ether oxygens (including phenoxy) is 3. The van der Waals surface area contributed by atoms with Gasteiger partial charge in [-0.2, -0.15) is 8.78 Å². The largest absolute Gasteiger partial charge is 0.743 e. The lowest BCUT2D eigenvalue weighted by Gasteiger charge is -2.25. The van der Waals surface area contributed by atoms with Gasteiger partial charge in [-0.1, -0.05) is 13.8 Å². The van der Waals surface area contributed by atoms with Crippen molar-refractivity contribution >= 4 is 33.7 Å². The second-order valence-electron chi connectivity index (χ2n) is 7.14. The lowest BCUT2D eigenvalue weighted by Crippen LogP contribution is -2.34. The molecule has 192 valence electrons. The summed E-state index contributed by atoms with van der Waals surface area (Å²) in [5, 5.41) is -4.75. The first-order chi connectivity index (χ1) is 15.9. The molecular weight excluding hydrogens is 480 g/mol. The van der Waals surface area contributed by atoms with Crippen molar-refractivity contribution in [2.45, 2.75) is 44.8 Å². The number of halogens is 2. The number of esters is 3. The molecule has 0 aromatic heterocycles. The molecule has 1 aromatic rings. The second kappa shape index (κ2) is 13.8. The van der Waals surface area contributed by atoms with Gasteiger partial charge in [-0.15, -0.1) is 0 Å². The van der Waals surface area contributed by atoms with Crippen molar-refractivity contribution in [1.29, 1.82) is 0 Å². The van der Waals surface area contributed by atoms with Crippen LogP contribution in [0.25, 0.3) is 0 Å². The highest BCUT2D eigenvalue weighted by Crippen LogP contribution is 2.22. The van der Waals surface area contributed by atoms with Gasteiger partial charge in [0, 0.05) is 18.5 Å². The van der Waals surface area contributed by atoms with Crippen LogP contribution >= 0.6 is 0 Å². The number of hydrogen-bond acceptors (Lipinski definition) is 10. The van der Waals surface area contributed by atoms with Crippen LogP contribution in [0.1, 0.15) is 49.9 Å². The first-order valence-corrected chi connectivity index (χ1v) is 12.0. The first-order valence-electron chi connectivity index (χ1n) is 10.6. The SMILES string of the molecule is CCCC(=O)OCCN(CCOC(=O)CCC)c1ccc(C(=O)OCC(F)(F)S(=O)(=O)[O-])cc1. The van der Waals surface area contributed by atoms with Crippen LogP contribution in [0.2, 0.25) is 0 Å². The molecule has 0 heterocycles. The van der Waals surface area contributed by atoms with Crippen LogP contribution in [0.5, 0.6) is 0 Å². The number of carbonyl (C=O) groups excluding carboxylic acids is 3. The maximum Gasteiger partial charge on any atom is 0.367 e. The third kappa shape index (κ3) is 10.00. The van der Waals surface area contributed by atoms with E-state index in [1.54, 1.807) is 4.90 Å². The number of benzene rings is 1. The Hall–Kier alpha value is -2.80. The van der Waals surface area contributed by atoms with Gasteiger partial charge >= 0.3 is 23.2 Å². The lowest BCUT2D eigenvalue weighted by atomic mass is 10.2. The van der Waals surface area contributed by atoms with E-state index in [9.17, 15) is 36.1 Å². The van der Waals surface area contributed by atoms with Gasteiger partial charge in [0.1, 0.15) is 13.2 Å². The summed E-state index contributed by atoms with van der Waals surface area (Å²) < 4.78 is 72.3.